The molecule has 1 aromatic heterocycles. The van der Waals surface area contributed by atoms with Gasteiger partial charge in [-0.25, -0.2) is 12.6 Å². The average molecular weight is 487 g/mol. The van der Waals surface area contributed by atoms with Crippen LogP contribution in [0.2, 0.25) is 10.0 Å². The van der Waals surface area contributed by atoms with Crippen LogP contribution >= 0.6 is 23.2 Å². The van der Waals surface area contributed by atoms with Crippen molar-refractivity contribution < 1.29 is 12.6 Å². The first-order chi connectivity index (χ1) is 14.3. The van der Waals surface area contributed by atoms with Crippen molar-refractivity contribution >= 4 is 66.5 Å². The van der Waals surface area contributed by atoms with Crippen molar-refractivity contribution in [3.05, 3.63) is 52.6 Å². The van der Waals surface area contributed by atoms with E-state index in [2.05, 4.69) is 19.7 Å². The Morgan fingerprint density at radius 2 is 1.70 bits per heavy atom. The highest BCUT2D eigenvalue weighted by Gasteiger charge is 2.27. The van der Waals surface area contributed by atoms with E-state index in [1.807, 2.05) is 0 Å². The van der Waals surface area contributed by atoms with E-state index in [9.17, 15) is 12.6 Å². The third-order valence-electron chi connectivity index (χ3n) is 4.99. The van der Waals surface area contributed by atoms with Gasteiger partial charge in [0.05, 0.1) is 31.4 Å². The van der Waals surface area contributed by atoms with Crippen LogP contribution in [-0.2, 0) is 21.0 Å². The van der Waals surface area contributed by atoms with Crippen LogP contribution in [0.3, 0.4) is 0 Å². The molecular formula is C19H20Cl2N4O3S2. The van der Waals surface area contributed by atoms with E-state index in [0.717, 1.165) is 0 Å². The molecule has 30 heavy (non-hydrogen) atoms. The highest BCUT2D eigenvalue weighted by molar-refractivity contribution is 7.93. The largest absolute Gasteiger partial charge is 0.358 e. The molecule has 4 N–H and O–H groups in total. The number of aromatic amines is 1. The van der Waals surface area contributed by atoms with E-state index >= 15 is 0 Å². The molecular weight excluding hydrogens is 467 g/mol. The summed E-state index contributed by atoms with van der Waals surface area (Å²) in [4.78, 5) is 3.53. The van der Waals surface area contributed by atoms with Crippen LogP contribution in [-0.4, -0.2) is 36.0 Å². The van der Waals surface area contributed by atoms with Crippen molar-refractivity contribution in [3.63, 3.8) is 0 Å². The number of rotatable bonds is 6. The zero-order chi connectivity index (χ0) is 21.3. The standard InChI is InChI=1S/C19H20Cl2N4O3S2/c20-15-5-6-17(19-18(15)16(21)11-23-19)24-29(26)13-3-1-12(2-4-13)25-30(27,28)14-7-9-22-10-8-14/h1-6,11,14,22-25H,7-10H2. The minimum absolute atomic E-state index is 0.408. The summed E-state index contributed by atoms with van der Waals surface area (Å²) in [6.45, 7) is 1.39. The number of piperidine rings is 1. The molecule has 2 aromatic carbocycles. The molecule has 0 saturated carbocycles. The average Bonchev–Trinajstić information content (AvgIpc) is 3.14. The van der Waals surface area contributed by atoms with Crippen LogP contribution in [0.5, 0.6) is 0 Å². The molecule has 0 aliphatic carbocycles. The van der Waals surface area contributed by atoms with E-state index in [-0.39, 0.29) is 0 Å². The van der Waals surface area contributed by atoms with Gasteiger partial charge in [0.2, 0.25) is 10.0 Å². The molecule has 3 aromatic rings. The van der Waals surface area contributed by atoms with E-state index in [1.54, 1.807) is 42.6 Å². The number of halogens is 2. The third-order valence-corrected chi connectivity index (χ3v) is 8.58. The summed E-state index contributed by atoms with van der Waals surface area (Å²) in [5.41, 5.74) is 1.70. The zero-order valence-corrected chi connectivity index (χ0v) is 18.9. The highest BCUT2D eigenvalue weighted by atomic mass is 35.5. The highest BCUT2D eigenvalue weighted by Crippen LogP contribution is 2.35. The Morgan fingerprint density at radius 3 is 2.40 bits per heavy atom. The number of hydrogen-bond donors (Lipinski definition) is 4. The Bertz CT molecular complexity index is 1190. The first-order valence-electron chi connectivity index (χ1n) is 9.31. The van der Waals surface area contributed by atoms with Crippen LogP contribution in [0, 0.1) is 0 Å². The number of H-pyrrole nitrogens is 1. The number of sulfonamides is 1. The van der Waals surface area contributed by atoms with Crippen LogP contribution in [0.1, 0.15) is 12.8 Å². The van der Waals surface area contributed by atoms with Gasteiger partial charge in [0.25, 0.3) is 0 Å². The molecule has 1 saturated heterocycles. The minimum atomic E-state index is -3.45. The lowest BCUT2D eigenvalue weighted by atomic mass is 10.2. The normalized spacial score (nSPS) is 16.5. The monoisotopic (exact) mass is 486 g/mol. The summed E-state index contributed by atoms with van der Waals surface area (Å²) in [5.74, 6) is 0. The van der Waals surface area contributed by atoms with Crippen molar-refractivity contribution in [3.8, 4) is 0 Å². The van der Waals surface area contributed by atoms with Crippen molar-refractivity contribution in [1.29, 1.82) is 0 Å². The molecule has 0 bridgehead atoms. The van der Waals surface area contributed by atoms with Crippen molar-refractivity contribution in [1.82, 2.24) is 10.3 Å². The molecule has 11 heteroatoms. The molecule has 2 heterocycles. The maximum atomic E-state index is 12.8. The lowest BCUT2D eigenvalue weighted by Gasteiger charge is -2.23. The van der Waals surface area contributed by atoms with E-state index in [4.69, 9.17) is 23.2 Å². The number of anilines is 2. The summed E-state index contributed by atoms with van der Waals surface area (Å²) in [7, 11) is -5.02. The molecule has 4 rings (SSSR count). The van der Waals surface area contributed by atoms with Gasteiger partial charge in [-0.3, -0.25) is 9.44 Å². The first-order valence-corrected chi connectivity index (χ1v) is 12.8. The molecule has 7 nitrogen and oxygen atoms in total. The topological polar surface area (TPSA) is 103 Å². The van der Waals surface area contributed by atoms with Crippen molar-refractivity contribution in [2.45, 2.75) is 23.0 Å². The quantitative estimate of drug-likeness (QED) is 0.420. The molecule has 0 amide bonds. The van der Waals surface area contributed by atoms with Gasteiger partial charge >= 0.3 is 0 Å². The second-order valence-corrected chi connectivity index (χ2v) is 11.0. The number of nitrogens with one attached hydrogen (secondary N) is 4. The van der Waals surface area contributed by atoms with Crippen LogP contribution < -0.4 is 14.8 Å². The summed E-state index contributed by atoms with van der Waals surface area (Å²) in [6.07, 6.45) is 2.79. The lowest BCUT2D eigenvalue weighted by molar-refractivity contribution is 0.499. The van der Waals surface area contributed by atoms with Gasteiger partial charge in [0.1, 0.15) is 11.0 Å². The lowest BCUT2D eigenvalue weighted by Crippen LogP contribution is -2.38. The molecule has 1 fully saturated rings. The van der Waals surface area contributed by atoms with Crippen molar-refractivity contribution in [2.75, 3.05) is 22.5 Å². The molecule has 0 spiro atoms. The SMILES string of the molecule is O=S(Nc1ccc(Cl)c2c(Cl)c[nH]c12)c1ccc(NS(=O)(=O)C2CCNCC2)cc1. The Hall–Kier alpha value is -1.78. The van der Waals surface area contributed by atoms with Crippen LogP contribution in [0.15, 0.2) is 47.5 Å². The van der Waals surface area contributed by atoms with Gasteiger partial charge in [-0.1, -0.05) is 23.2 Å². The van der Waals surface area contributed by atoms with E-state index in [1.165, 1.54) is 0 Å². The smallest absolute Gasteiger partial charge is 0.235 e. The van der Waals surface area contributed by atoms with Crippen molar-refractivity contribution in [2.24, 2.45) is 0 Å². The van der Waals surface area contributed by atoms with Gasteiger partial charge in [-0.2, -0.15) is 0 Å². The Morgan fingerprint density at radius 1 is 1.00 bits per heavy atom. The minimum Gasteiger partial charge on any atom is -0.358 e. The number of fused-ring (bicyclic) bond motifs is 1. The number of hydrogen-bond acceptors (Lipinski definition) is 4. The first kappa shape index (κ1) is 21.5. The second kappa shape index (κ2) is 8.76. The Balaban J connectivity index is 1.48. The van der Waals surface area contributed by atoms with Gasteiger partial charge in [-0.15, -0.1) is 0 Å². The molecule has 0 radical (unpaired) electrons. The Labute approximate surface area is 187 Å². The number of aromatic nitrogens is 1. The van der Waals surface area contributed by atoms with E-state index in [0.29, 0.717) is 63.1 Å². The predicted molar refractivity (Wildman–Crippen MR) is 123 cm³/mol. The van der Waals surface area contributed by atoms with Gasteiger partial charge in [-0.05, 0) is 62.3 Å². The molecule has 1 aliphatic heterocycles. The summed E-state index contributed by atoms with van der Waals surface area (Å²) in [5, 5.41) is 4.38. The fourth-order valence-electron chi connectivity index (χ4n) is 3.41. The molecule has 1 aliphatic rings. The van der Waals surface area contributed by atoms with Gasteiger partial charge in [0, 0.05) is 17.3 Å². The fraction of sp³-hybridized carbons (Fsp3) is 0.263. The number of benzene rings is 2. The molecule has 1 unspecified atom stereocenters. The summed E-state index contributed by atoms with van der Waals surface area (Å²) in [6, 6.07) is 9.86. The summed E-state index contributed by atoms with van der Waals surface area (Å²) >= 11 is 12.3. The third kappa shape index (κ3) is 4.45. The van der Waals surface area contributed by atoms with E-state index < -0.39 is 26.3 Å². The maximum Gasteiger partial charge on any atom is 0.235 e. The summed E-state index contributed by atoms with van der Waals surface area (Å²) < 4.78 is 43.4. The maximum absolute atomic E-state index is 12.8. The van der Waals surface area contributed by atoms with Crippen LogP contribution in [0.25, 0.3) is 10.9 Å². The molecule has 160 valence electrons. The fourth-order valence-corrected chi connectivity index (χ4v) is 6.33. The molecule has 1 atom stereocenters. The predicted octanol–water partition coefficient (Wildman–Crippen LogP) is 4.10. The second-order valence-electron chi connectivity index (χ2n) is 6.97. The van der Waals surface area contributed by atoms with Crippen LogP contribution in [0.4, 0.5) is 11.4 Å². The zero-order valence-electron chi connectivity index (χ0n) is 15.7. The Kier molecular flexibility index (Phi) is 6.26. The van der Waals surface area contributed by atoms with Gasteiger partial charge < -0.3 is 10.3 Å². The van der Waals surface area contributed by atoms with Gasteiger partial charge in [0.15, 0.2) is 0 Å².